The van der Waals surface area contributed by atoms with Gasteiger partial charge in [-0.25, -0.2) is 0 Å². The maximum Gasteiger partial charge on any atom is 0.320 e. The Kier molecular flexibility index (Phi) is 8.16. The summed E-state index contributed by atoms with van der Waals surface area (Å²) >= 11 is 0. The van der Waals surface area contributed by atoms with Crippen LogP contribution in [0.25, 0.3) is 0 Å². The first kappa shape index (κ1) is 29.1. The predicted molar refractivity (Wildman–Crippen MR) is 136 cm³/mol. The van der Waals surface area contributed by atoms with Crippen molar-refractivity contribution in [1.29, 1.82) is 0 Å². The van der Waals surface area contributed by atoms with Crippen LogP contribution < -0.4 is 9.47 Å². The molecule has 2 saturated heterocycles. The minimum Gasteiger partial charge on any atom is -0.507 e. The van der Waals surface area contributed by atoms with Gasteiger partial charge in [0.1, 0.15) is 53.8 Å². The van der Waals surface area contributed by atoms with Crippen LogP contribution in [-0.4, -0.2) is 113 Å². The van der Waals surface area contributed by atoms with E-state index in [1.165, 1.54) is 24.3 Å². The molecule has 5 rings (SSSR count). The van der Waals surface area contributed by atoms with Gasteiger partial charge in [0, 0.05) is 24.6 Å². The number of fused-ring (bicyclic) bond motifs is 1. The molecule has 9 N–H and O–H groups in total. The van der Waals surface area contributed by atoms with E-state index in [0.717, 1.165) is 0 Å². The van der Waals surface area contributed by atoms with Crippen LogP contribution in [0.4, 0.5) is 0 Å². The number of likely N-dealkylation sites (tertiary alicyclic amines) is 1. The molecule has 8 atom stereocenters. The first-order chi connectivity index (χ1) is 19.5. The van der Waals surface area contributed by atoms with Crippen LogP contribution in [0.5, 0.6) is 28.7 Å². The Morgan fingerprint density at radius 1 is 1.02 bits per heavy atom. The number of carboxylic acids is 1. The number of carbonyl (C=O) groups is 1. The molecule has 1 unspecified atom stereocenters. The SMILES string of the molecule is O=C(O)C1CCCN1Cc1c(O[C@@H]2O[C@H](CO)[C@@H](O)[C@H](O)[C@H]2O)cc2c(c1O)C[C@H](O)[C@@H](c1ccc(O)c(O)c1)O2. The number of aliphatic hydroxyl groups is 5. The summed E-state index contributed by atoms with van der Waals surface area (Å²) in [5.74, 6) is -2.18. The maximum atomic E-state index is 11.8. The molecule has 0 radical (unpaired) electrons. The molecule has 3 aliphatic heterocycles. The van der Waals surface area contributed by atoms with Gasteiger partial charge in [0.15, 0.2) is 11.5 Å². The van der Waals surface area contributed by atoms with Gasteiger partial charge in [-0.1, -0.05) is 6.07 Å². The summed E-state index contributed by atoms with van der Waals surface area (Å²) in [6, 6.07) is 4.47. The third kappa shape index (κ3) is 5.47. The highest BCUT2D eigenvalue weighted by Crippen LogP contribution is 2.47. The number of carboxylic acid groups (broad SMARTS) is 1. The van der Waals surface area contributed by atoms with Crippen LogP contribution in [0.1, 0.15) is 35.6 Å². The normalized spacial score (nSPS) is 31.8. The Balaban J connectivity index is 1.53. The van der Waals surface area contributed by atoms with Crippen molar-refractivity contribution in [3.63, 3.8) is 0 Å². The van der Waals surface area contributed by atoms with E-state index in [1.54, 1.807) is 4.90 Å². The number of ether oxygens (including phenoxy) is 3. The van der Waals surface area contributed by atoms with Crippen LogP contribution in [0.3, 0.4) is 0 Å². The minimum atomic E-state index is -1.76. The van der Waals surface area contributed by atoms with E-state index in [2.05, 4.69) is 0 Å². The third-order valence-electron chi connectivity index (χ3n) is 7.87. The monoisotopic (exact) mass is 579 g/mol. The summed E-state index contributed by atoms with van der Waals surface area (Å²) in [6.45, 7) is -0.365. The van der Waals surface area contributed by atoms with E-state index < -0.39 is 67.3 Å². The number of nitrogens with zero attached hydrogens (tertiary/aromatic N) is 1. The summed E-state index contributed by atoms with van der Waals surface area (Å²) in [6.07, 6.45) is -9.27. The van der Waals surface area contributed by atoms with Crippen LogP contribution >= 0.6 is 0 Å². The number of rotatable bonds is 7. The van der Waals surface area contributed by atoms with E-state index >= 15 is 0 Å². The molecule has 2 aromatic carbocycles. The van der Waals surface area contributed by atoms with E-state index in [-0.39, 0.29) is 47.1 Å². The van der Waals surface area contributed by atoms with Gasteiger partial charge in [0.25, 0.3) is 0 Å². The van der Waals surface area contributed by atoms with E-state index in [4.69, 9.17) is 14.2 Å². The first-order valence-corrected chi connectivity index (χ1v) is 13.2. The molecule has 14 nitrogen and oxygen atoms in total. The fraction of sp³-hybridized carbons (Fsp3) is 0.519. The number of aromatic hydroxyl groups is 3. The number of hydrogen-bond acceptors (Lipinski definition) is 13. The predicted octanol–water partition coefficient (Wildman–Crippen LogP) is -0.932. The molecular formula is C27H33NO13. The molecule has 14 heteroatoms. The standard InChI is InChI=1S/C27H33NO13/c29-10-20-22(34)23(35)24(36)27(41-20)40-19-8-18-12(21(33)13(19)9-28-5-1-2-14(28)26(37)38)7-17(32)25(39-18)11-3-4-15(30)16(31)6-11/h3-4,6,8,14,17,20,22-25,27,29-36H,1-2,5,7,9-10H2,(H,37,38)/t14?,17-,20+,22+,23-,24+,25+,27+/m0/s1. The summed E-state index contributed by atoms with van der Waals surface area (Å²) in [5, 5.41) is 92.0. The van der Waals surface area contributed by atoms with E-state index in [1.807, 2.05) is 0 Å². The second kappa shape index (κ2) is 11.5. The van der Waals surface area contributed by atoms with Crippen LogP contribution in [0.15, 0.2) is 24.3 Å². The Hall–Kier alpha value is -3.37. The Morgan fingerprint density at radius 3 is 2.46 bits per heavy atom. The van der Waals surface area contributed by atoms with Crippen molar-refractivity contribution in [3.8, 4) is 28.7 Å². The summed E-state index contributed by atoms with van der Waals surface area (Å²) < 4.78 is 17.4. The van der Waals surface area contributed by atoms with Crippen molar-refractivity contribution < 1.29 is 65.0 Å². The number of phenolic OH excluding ortho intramolecular Hbond substituents is 3. The lowest BCUT2D eigenvalue weighted by Gasteiger charge is -2.40. The highest BCUT2D eigenvalue weighted by Gasteiger charge is 2.45. The molecule has 0 saturated carbocycles. The lowest BCUT2D eigenvalue weighted by Crippen LogP contribution is -2.60. The van der Waals surface area contributed by atoms with Gasteiger partial charge in [-0.05, 0) is 37.1 Å². The lowest BCUT2D eigenvalue weighted by molar-refractivity contribution is -0.277. The van der Waals surface area contributed by atoms with Gasteiger partial charge >= 0.3 is 5.97 Å². The average Bonchev–Trinajstić information content (AvgIpc) is 3.41. The minimum absolute atomic E-state index is 0.0740. The van der Waals surface area contributed by atoms with E-state index in [0.29, 0.717) is 24.9 Å². The average molecular weight is 580 g/mol. The molecule has 0 aromatic heterocycles. The highest BCUT2D eigenvalue weighted by molar-refractivity contribution is 5.74. The number of benzene rings is 2. The molecule has 0 amide bonds. The van der Waals surface area contributed by atoms with Crippen LogP contribution in [0, 0.1) is 0 Å². The zero-order chi connectivity index (χ0) is 29.6. The van der Waals surface area contributed by atoms with Gasteiger partial charge in [-0.3, -0.25) is 9.69 Å². The van der Waals surface area contributed by atoms with Crippen molar-refractivity contribution in [3.05, 3.63) is 41.0 Å². The fourth-order valence-corrected chi connectivity index (χ4v) is 5.60. The Morgan fingerprint density at radius 2 is 1.78 bits per heavy atom. The van der Waals surface area contributed by atoms with Crippen LogP contribution in [-0.2, 0) is 22.5 Å². The smallest absolute Gasteiger partial charge is 0.320 e. The highest BCUT2D eigenvalue weighted by atomic mass is 16.7. The third-order valence-corrected chi connectivity index (χ3v) is 7.87. The van der Waals surface area contributed by atoms with Gasteiger partial charge in [0.2, 0.25) is 6.29 Å². The summed E-state index contributed by atoms with van der Waals surface area (Å²) in [4.78, 5) is 13.4. The van der Waals surface area contributed by atoms with E-state index in [9.17, 15) is 50.8 Å². The Bertz CT molecular complexity index is 1290. The second-order valence-corrected chi connectivity index (χ2v) is 10.5. The van der Waals surface area contributed by atoms with Gasteiger partial charge in [-0.2, -0.15) is 0 Å². The quantitative estimate of drug-likeness (QED) is 0.181. The first-order valence-electron chi connectivity index (χ1n) is 13.2. The topological polar surface area (TPSA) is 230 Å². The van der Waals surface area contributed by atoms with Crippen molar-refractivity contribution >= 4 is 5.97 Å². The largest absolute Gasteiger partial charge is 0.507 e. The number of aliphatic hydroxyl groups excluding tert-OH is 5. The maximum absolute atomic E-state index is 11.8. The van der Waals surface area contributed by atoms with Crippen LogP contribution in [0.2, 0.25) is 0 Å². The molecule has 2 fully saturated rings. The van der Waals surface area contributed by atoms with Crippen molar-refractivity contribution in [2.45, 2.75) is 74.8 Å². The Labute approximate surface area is 233 Å². The molecule has 2 aromatic rings. The number of phenols is 3. The molecule has 0 bridgehead atoms. The number of aliphatic carboxylic acids is 1. The molecule has 0 aliphatic carbocycles. The van der Waals surface area contributed by atoms with Crippen molar-refractivity contribution in [1.82, 2.24) is 4.90 Å². The lowest BCUT2D eigenvalue weighted by atomic mass is 9.92. The van der Waals surface area contributed by atoms with Gasteiger partial charge in [-0.15, -0.1) is 0 Å². The fourth-order valence-electron chi connectivity index (χ4n) is 5.60. The molecular weight excluding hydrogens is 546 g/mol. The van der Waals surface area contributed by atoms with Crippen molar-refractivity contribution in [2.24, 2.45) is 0 Å². The van der Waals surface area contributed by atoms with Crippen molar-refractivity contribution in [2.75, 3.05) is 13.2 Å². The molecule has 41 heavy (non-hydrogen) atoms. The van der Waals surface area contributed by atoms with Gasteiger partial charge in [0.05, 0.1) is 18.3 Å². The molecule has 224 valence electrons. The molecule has 3 heterocycles. The number of hydrogen-bond donors (Lipinski definition) is 9. The molecule has 0 spiro atoms. The molecule has 3 aliphatic rings. The van der Waals surface area contributed by atoms with Gasteiger partial charge < -0.3 is 60.2 Å². The summed E-state index contributed by atoms with van der Waals surface area (Å²) in [5.41, 5.74) is 0.657. The zero-order valence-electron chi connectivity index (χ0n) is 21.8. The summed E-state index contributed by atoms with van der Waals surface area (Å²) in [7, 11) is 0. The second-order valence-electron chi connectivity index (χ2n) is 10.5. The zero-order valence-corrected chi connectivity index (χ0v) is 21.8.